The summed E-state index contributed by atoms with van der Waals surface area (Å²) in [4.78, 5) is 37.5. The van der Waals surface area contributed by atoms with Crippen LogP contribution in [0.4, 0.5) is 9.59 Å². The summed E-state index contributed by atoms with van der Waals surface area (Å²) in [7, 11) is 0. The minimum absolute atomic E-state index is 0.00495. The van der Waals surface area contributed by atoms with Crippen LogP contribution < -0.4 is 15.8 Å². The van der Waals surface area contributed by atoms with Gasteiger partial charge in [0, 0.05) is 5.92 Å². The zero-order chi connectivity index (χ0) is 25.8. The largest absolute Gasteiger partial charge is 0.492 e. The van der Waals surface area contributed by atoms with Gasteiger partial charge in [-0.25, -0.2) is 4.79 Å². The van der Waals surface area contributed by atoms with Gasteiger partial charge in [0.1, 0.15) is 19.0 Å². The second kappa shape index (κ2) is 10.9. The summed E-state index contributed by atoms with van der Waals surface area (Å²) in [6, 6.07) is 23.4. The fourth-order valence-electron chi connectivity index (χ4n) is 4.45. The van der Waals surface area contributed by atoms with E-state index in [-0.39, 0.29) is 37.6 Å². The number of nitrogens with one attached hydrogen (secondary N) is 1. The average Bonchev–Trinajstić information content (AvgIpc) is 3.41. The highest BCUT2D eigenvalue weighted by molar-refractivity contribution is 8.18. The van der Waals surface area contributed by atoms with E-state index >= 15 is 0 Å². The number of imide groups is 1. The van der Waals surface area contributed by atoms with Gasteiger partial charge in [-0.05, 0) is 57.8 Å². The highest BCUT2D eigenvalue weighted by Crippen LogP contribution is 2.44. The molecule has 0 aromatic heterocycles. The normalized spacial score (nSPS) is 15.3. The van der Waals surface area contributed by atoms with Crippen LogP contribution in [0.25, 0.3) is 17.2 Å². The first-order chi connectivity index (χ1) is 18.0. The molecule has 3 aromatic rings. The van der Waals surface area contributed by atoms with Crippen molar-refractivity contribution in [2.45, 2.75) is 5.92 Å². The monoisotopic (exact) mass is 515 g/mol. The lowest BCUT2D eigenvalue weighted by Crippen LogP contribution is -2.39. The third-order valence-corrected chi connectivity index (χ3v) is 7.08. The molecule has 37 heavy (non-hydrogen) atoms. The maximum absolute atomic E-state index is 12.8. The number of ether oxygens (including phenoxy) is 2. The number of fused-ring (bicyclic) bond motifs is 3. The number of nitrogens with zero attached hydrogens (tertiary/aromatic N) is 1. The molecule has 5 rings (SSSR count). The number of carbonyl (C=O) groups excluding carboxylic acids is 3. The molecule has 9 heteroatoms. The minimum Gasteiger partial charge on any atom is -0.492 e. The summed E-state index contributed by atoms with van der Waals surface area (Å²) in [5.41, 5.74) is 11.2. The van der Waals surface area contributed by atoms with Crippen molar-refractivity contribution in [2.75, 3.05) is 26.4 Å². The van der Waals surface area contributed by atoms with Crippen molar-refractivity contribution in [3.63, 3.8) is 0 Å². The SMILES string of the molecule is NCN(CCOc1ccc(/C=C2\SC(=O)NC2=O)cc1)C(=O)OCC1c2ccccc2-c2ccccc21. The van der Waals surface area contributed by atoms with E-state index in [1.807, 2.05) is 24.3 Å². The van der Waals surface area contributed by atoms with E-state index in [9.17, 15) is 14.4 Å². The van der Waals surface area contributed by atoms with Crippen molar-refractivity contribution in [3.8, 4) is 16.9 Å². The number of hydrogen-bond acceptors (Lipinski definition) is 7. The van der Waals surface area contributed by atoms with Crippen LogP contribution in [0.5, 0.6) is 5.75 Å². The van der Waals surface area contributed by atoms with Crippen molar-refractivity contribution in [1.82, 2.24) is 10.2 Å². The van der Waals surface area contributed by atoms with Crippen molar-refractivity contribution < 1.29 is 23.9 Å². The number of rotatable bonds is 8. The molecule has 3 aromatic carbocycles. The van der Waals surface area contributed by atoms with Gasteiger partial charge >= 0.3 is 6.09 Å². The number of amides is 3. The summed E-state index contributed by atoms with van der Waals surface area (Å²) in [6.07, 6.45) is 1.15. The highest BCUT2D eigenvalue weighted by atomic mass is 32.2. The number of hydrogen-bond donors (Lipinski definition) is 2. The van der Waals surface area contributed by atoms with Gasteiger partial charge in [0.2, 0.25) is 0 Å². The van der Waals surface area contributed by atoms with E-state index in [1.165, 1.54) is 16.0 Å². The van der Waals surface area contributed by atoms with Crippen LogP contribution >= 0.6 is 11.8 Å². The maximum Gasteiger partial charge on any atom is 0.410 e. The lowest BCUT2D eigenvalue weighted by Gasteiger charge is -2.22. The fourth-order valence-corrected chi connectivity index (χ4v) is 5.13. The van der Waals surface area contributed by atoms with Gasteiger partial charge in [0.15, 0.2) is 0 Å². The zero-order valence-corrected chi connectivity index (χ0v) is 20.7. The number of benzene rings is 3. The zero-order valence-electron chi connectivity index (χ0n) is 19.9. The average molecular weight is 516 g/mol. The van der Waals surface area contributed by atoms with E-state index in [0.29, 0.717) is 10.7 Å². The first-order valence-corrected chi connectivity index (χ1v) is 12.6. The lowest BCUT2D eigenvalue weighted by molar-refractivity contribution is -0.115. The Morgan fingerprint density at radius 3 is 2.22 bits per heavy atom. The summed E-state index contributed by atoms with van der Waals surface area (Å²) in [5.74, 6) is 0.184. The molecule has 1 heterocycles. The molecular formula is C28H25N3O5S. The number of nitrogens with two attached hydrogens (primary N) is 1. The number of thioether (sulfide) groups is 1. The molecule has 0 spiro atoms. The van der Waals surface area contributed by atoms with E-state index < -0.39 is 12.0 Å². The third kappa shape index (κ3) is 5.37. The molecule has 8 nitrogen and oxygen atoms in total. The van der Waals surface area contributed by atoms with Gasteiger partial charge in [-0.2, -0.15) is 0 Å². The Kier molecular flexibility index (Phi) is 7.25. The van der Waals surface area contributed by atoms with E-state index in [0.717, 1.165) is 28.5 Å². The molecule has 0 unspecified atom stereocenters. The molecule has 0 bridgehead atoms. The van der Waals surface area contributed by atoms with E-state index in [4.69, 9.17) is 15.2 Å². The van der Waals surface area contributed by atoms with Crippen molar-refractivity contribution in [1.29, 1.82) is 0 Å². The fraction of sp³-hybridized carbons (Fsp3) is 0.179. The Hall–Kier alpha value is -4.08. The standard InChI is InChI=1S/C28H25N3O5S/c29-17-31(13-14-35-19-11-9-18(10-12-19)15-25-26(32)30-27(33)37-25)28(34)36-16-24-22-7-3-1-5-20(22)21-6-2-4-8-23(21)24/h1-12,15,24H,13-14,16-17,29H2,(H,30,32,33)/b25-15-. The lowest BCUT2D eigenvalue weighted by atomic mass is 9.98. The molecule has 1 aliphatic heterocycles. The van der Waals surface area contributed by atoms with Crippen LogP contribution in [-0.4, -0.2) is 48.6 Å². The predicted molar refractivity (Wildman–Crippen MR) is 142 cm³/mol. The van der Waals surface area contributed by atoms with Crippen LogP contribution in [0.1, 0.15) is 22.6 Å². The van der Waals surface area contributed by atoms with Gasteiger partial charge in [0.25, 0.3) is 11.1 Å². The molecule has 2 aliphatic rings. The Morgan fingerprint density at radius 2 is 1.62 bits per heavy atom. The molecule has 1 saturated heterocycles. The second-order valence-electron chi connectivity index (χ2n) is 8.52. The van der Waals surface area contributed by atoms with Crippen LogP contribution in [-0.2, 0) is 9.53 Å². The van der Waals surface area contributed by atoms with Gasteiger partial charge in [-0.3, -0.25) is 19.8 Å². The summed E-state index contributed by atoms with van der Waals surface area (Å²) >= 11 is 0.869. The molecule has 0 saturated carbocycles. The molecule has 1 aliphatic carbocycles. The predicted octanol–water partition coefficient (Wildman–Crippen LogP) is 4.56. The molecule has 188 valence electrons. The molecule has 0 atom stereocenters. The Balaban J connectivity index is 1.13. The quantitative estimate of drug-likeness (QED) is 0.334. The Labute approximate surface area is 218 Å². The third-order valence-electron chi connectivity index (χ3n) is 6.26. The van der Waals surface area contributed by atoms with Crippen molar-refractivity contribution in [2.24, 2.45) is 5.73 Å². The Bertz CT molecular complexity index is 1330. The van der Waals surface area contributed by atoms with E-state index in [1.54, 1.807) is 30.3 Å². The number of carbonyl (C=O) groups is 3. The second-order valence-corrected chi connectivity index (χ2v) is 9.53. The Morgan fingerprint density at radius 1 is 0.973 bits per heavy atom. The van der Waals surface area contributed by atoms with Gasteiger partial charge < -0.3 is 15.2 Å². The molecule has 3 amide bonds. The van der Waals surface area contributed by atoms with Crippen LogP contribution in [0.2, 0.25) is 0 Å². The molecule has 3 N–H and O–H groups in total. The summed E-state index contributed by atoms with van der Waals surface area (Å²) < 4.78 is 11.4. The first-order valence-electron chi connectivity index (χ1n) is 11.8. The van der Waals surface area contributed by atoms with Crippen molar-refractivity contribution in [3.05, 3.63) is 94.4 Å². The topological polar surface area (TPSA) is 111 Å². The van der Waals surface area contributed by atoms with Gasteiger partial charge in [0.05, 0.1) is 18.1 Å². The van der Waals surface area contributed by atoms with Crippen LogP contribution in [0.3, 0.4) is 0 Å². The van der Waals surface area contributed by atoms with Crippen LogP contribution in [0.15, 0.2) is 77.7 Å². The minimum atomic E-state index is -0.489. The molecule has 1 fully saturated rings. The maximum atomic E-state index is 12.8. The van der Waals surface area contributed by atoms with Gasteiger partial charge in [-0.15, -0.1) is 0 Å². The molecular weight excluding hydrogens is 490 g/mol. The summed E-state index contributed by atoms with van der Waals surface area (Å²) in [5, 5.41) is 1.85. The smallest absolute Gasteiger partial charge is 0.410 e. The highest BCUT2D eigenvalue weighted by Gasteiger charge is 2.29. The van der Waals surface area contributed by atoms with Crippen molar-refractivity contribution >= 4 is 35.1 Å². The first kappa shape index (κ1) is 24.6. The molecule has 0 radical (unpaired) electrons. The van der Waals surface area contributed by atoms with E-state index in [2.05, 4.69) is 29.6 Å². The summed E-state index contributed by atoms with van der Waals surface area (Å²) in [6.45, 7) is 0.723. The van der Waals surface area contributed by atoms with Crippen LogP contribution in [0, 0.1) is 0 Å². The van der Waals surface area contributed by atoms with Gasteiger partial charge in [-0.1, -0.05) is 60.7 Å².